The monoisotopic (exact) mass is 363 g/mol. The minimum Gasteiger partial charge on any atom is -0.339 e. The SMILES string of the molecule is CCC1CCCCN1C(=O)Cc1csc(NC(=O)c2cccs2)n1. The van der Waals surface area contributed by atoms with Gasteiger partial charge in [-0.05, 0) is 37.1 Å². The molecule has 1 aliphatic heterocycles. The zero-order valence-electron chi connectivity index (χ0n) is 13.7. The van der Waals surface area contributed by atoms with Gasteiger partial charge < -0.3 is 4.90 Å². The average molecular weight is 364 g/mol. The van der Waals surface area contributed by atoms with Crippen molar-refractivity contribution in [3.63, 3.8) is 0 Å². The molecule has 1 N–H and O–H groups in total. The van der Waals surface area contributed by atoms with Gasteiger partial charge in [0.2, 0.25) is 5.91 Å². The van der Waals surface area contributed by atoms with Crippen LogP contribution in [0.25, 0.3) is 0 Å². The van der Waals surface area contributed by atoms with Crippen molar-refractivity contribution in [1.82, 2.24) is 9.88 Å². The van der Waals surface area contributed by atoms with Crippen LogP contribution in [0.15, 0.2) is 22.9 Å². The lowest BCUT2D eigenvalue weighted by atomic mass is 9.99. The van der Waals surface area contributed by atoms with Gasteiger partial charge in [0.15, 0.2) is 5.13 Å². The zero-order chi connectivity index (χ0) is 16.9. The summed E-state index contributed by atoms with van der Waals surface area (Å²) in [6.07, 6.45) is 4.70. The number of amides is 2. The van der Waals surface area contributed by atoms with E-state index >= 15 is 0 Å². The number of rotatable bonds is 5. The number of piperidine rings is 1. The van der Waals surface area contributed by atoms with Gasteiger partial charge in [0.1, 0.15) is 0 Å². The largest absolute Gasteiger partial charge is 0.339 e. The Morgan fingerprint density at radius 2 is 2.25 bits per heavy atom. The lowest BCUT2D eigenvalue weighted by Crippen LogP contribution is -2.44. The van der Waals surface area contributed by atoms with Gasteiger partial charge in [0, 0.05) is 18.0 Å². The highest BCUT2D eigenvalue weighted by Gasteiger charge is 2.25. The number of thiazole rings is 1. The normalized spacial score (nSPS) is 17.7. The molecule has 1 saturated heterocycles. The number of anilines is 1. The Balaban J connectivity index is 1.59. The molecule has 1 fully saturated rings. The number of nitrogens with zero attached hydrogens (tertiary/aromatic N) is 2. The minimum atomic E-state index is -0.153. The second kappa shape index (κ2) is 7.90. The standard InChI is InChI=1S/C17H21N3O2S2/c1-2-13-6-3-4-8-20(13)15(21)10-12-11-24-17(18-12)19-16(22)14-7-5-9-23-14/h5,7,9,11,13H,2-4,6,8,10H2,1H3,(H,18,19,22). The third-order valence-electron chi connectivity index (χ3n) is 4.27. The molecular weight excluding hydrogens is 342 g/mol. The van der Waals surface area contributed by atoms with Gasteiger partial charge in [-0.25, -0.2) is 4.98 Å². The summed E-state index contributed by atoms with van der Waals surface area (Å²) in [5, 5.41) is 7.05. The van der Waals surface area contributed by atoms with Crippen LogP contribution in [-0.2, 0) is 11.2 Å². The predicted octanol–water partition coefficient (Wildman–Crippen LogP) is 3.79. The molecule has 3 rings (SSSR count). The highest BCUT2D eigenvalue weighted by atomic mass is 32.1. The predicted molar refractivity (Wildman–Crippen MR) is 97.7 cm³/mol. The molecular formula is C17H21N3O2S2. The smallest absolute Gasteiger partial charge is 0.267 e. The lowest BCUT2D eigenvalue weighted by Gasteiger charge is -2.35. The maximum absolute atomic E-state index is 12.6. The average Bonchev–Trinajstić information content (AvgIpc) is 3.27. The van der Waals surface area contributed by atoms with Crippen molar-refractivity contribution in [3.8, 4) is 0 Å². The van der Waals surface area contributed by atoms with Crippen LogP contribution >= 0.6 is 22.7 Å². The van der Waals surface area contributed by atoms with E-state index in [1.165, 1.54) is 29.1 Å². The summed E-state index contributed by atoms with van der Waals surface area (Å²) in [6.45, 7) is 2.99. The Hall–Kier alpha value is -1.73. The van der Waals surface area contributed by atoms with Crippen LogP contribution in [-0.4, -0.2) is 34.3 Å². The number of hydrogen-bond donors (Lipinski definition) is 1. The number of likely N-dealkylation sites (tertiary alicyclic amines) is 1. The van der Waals surface area contributed by atoms with Crippen LogP contribution in [0.3, 0.4) is 0 Å². The zero-order valence-corrected chi connectivity index (χ0v) is 15.3. The van der Waals surface area contributed by atoms with Crippen molar-refractivity contribution in [2.45, 2.75) is 45.1 Å². The molecule has 3 heterocycles. The topological polar surface area (TPSA) is 62.3 Å². The van der Waals surface area contributed by atoms with E-state index in [0.717, 1.165) is 31.5 Å². The van der Waals surface area contributed by atoms with E-state index in [1.807, 2.05) is 21.7 Å². The van der Waals surface area contributed by atoms with E-state index < -0.39 is 0 Å². The van der Waals surface area contributed by atoms with Crippen molar-refractivity contribution in [3.05, 3.63) is 33.5 Å². The molecule has 1 atom stereocenters. The van der Waals surface area contributed by atoms with Crippen molar-refractivity contribution in [1.29, 1.82) is 0 Å². The first-order valence-corrected chi connectivity index (χ1v) is 10.0. The molecule has 2 amide bonds. The molecule has 2 aromatic rings. The van der Waals surface area contributed by atoms with E-state index in [9.17, 15) is 9.59 Å². The van der Waals surface area contributed by atoms with Crippen molar-refractivity contribution >= 4 is 39.6 Å². The summed E-state index contributed by atoms with van der Waals surface area (Å²) in [6, 6.07) is 3.98. The molecule has 0 spiro atoms. The number of carbonyl (C=O) groups excluding carboxylic acids is 2. The van der Waals surface area contributed by atoms with Crippen LogP contribution < -0.4 is 5.32 Å². The second-order valence-electron chi connectivity index (χ2n) is 5.90. The summed E-state index contributed by atoms with van der Waals surface area (Å²) < 4.78 is 0. The van der Waals surface area contributed by atoms with Gasteiger partial charge in [0.25, 0.3) is 5.91 Å². The van der Waals surface area contributed by atoms with E-state index in [2.05, 4.69) is 17.2 Å². The number of thiophene rings is 1. The number of carbonyl (C=O) groups is 2. The first-order chi connectivity index (χ1) is 11.7. The van der Waals surface area contributed by atoms with Gasteiger partial charge in [0.05, 0.1) is 17.0 Å². The molecule has 0 aliphatic carbocycles. The fourth-order valence-electron chi connectivity index (χ4n) is 3.02. The Morgan fingerprint density at radius 1 is 1.38 bits per heavy atom. The van der Waals surface area contributed by atoms with Gasteiger partial charge in [-0.15, -0.1) is 22.7 Å². The van der Waals surface area contributed by atoms with Gasteiger partial charge >= 0.3 is 0 Å². The quantitative estimate of drug-likeness (QED) is 0.879. The number of aromatic nitrogens is 1. The first kappa shape index (κ1) is 17.1. The molecule has 0 radical (unpaired) electrons. The van der Waals surface area contributed by atoms with Crippen LogP contribution in [0, 0.1) is 0 Å². The molecule has 1 unspecified atom stereocenters. The summed E-state index contributed by atoms with van der Waals surface area (Å²) in [5.41, 5.74) is 0.729. The molecule has 0 saturated carbocycles. The summed E-state index contributed by atoms with van der Waals surface area (Å²) in [7, 11) is 0. The van der Waals surface area contributed by atoms with Crippen molar-refractivity contribution in [2.24, 2.45) is 0 Å². The van der Waals surface area contributed by atoms with Crippen LogP contribution in [0.4, 0.5) is 5.13 Å². The van der Waals surface area contributed by atoms with Gasteiger partial charge in [-0.1, -0.05) is 13.0 Å². The Labute approximate surface area is 149 Å². The molecule has 0 bridgehead atoms. The number of nitrogens with one attached hydrogen (secondary N) is 1. The maximum Gasteiger partial charge on any atom is 0.267 e. The lowest BCUT2D eigenvalue weighted by molar-refractivity contribution is -0.134. The second-order valence-corrected chi connectivity index (χ2v) is 7.70. The fraction of sp³-hybridized carbons (Fsp3) is 0.471. The molecule has 5 nitrogen and oxygen atoms in total. The highest BCUT2D eigenvalue weighted by molar-refractivity contribution is 7.14. The molecule has 2 aromatic heterocycles. The van der Waals surface area contributed by atoms with E-state index in [4.69, 9.17) is 0 Å². The third-order valence-corrected chi connectivity index (χ3v) is 5.94. The Morgan fingerprint density at radius 3 is 3.00 bits per heavy atom. The maximum atomic E-state index is 12.6. The minimum absolute atomic E-state index is 0.142. The third kappa shape index (κ3) is 4.02. The first-order valence-electron chi connectivity index (χ1n) is 8.26. The summed E-state index contributed by atoms with van der Waals surface area (Å²) >= 11 is 2.75. The molecule has 7 heteroatoms. The van der Waals surface area contributed by atoms with Crippen molar-refractivity contribution in [2.75, 3.05) is 11.9 Å². The van der Waals surface area contributed by atoms with Gasteiger partial charge in [-0.3, -0.25) is 14.9 Å². The van der Waals surface area contributed by atoms with E-state index in [-0.39, 0.29) is 11.8 Å². The summed E-state index contributed by atoms with van der Waals surface area (Å²) in [5.74, 6) is -0.0118. The molecule has 1 aliphatic rings. The Bertz CT molecular complexity index is 697. The highest BCUT2D eigenvalue weighted by Crippen LogP contribution is 2.22. The molecule has 0 aromatic carbocycles. The molecule has 24 heavy (non-hydrogen) atoms. The molecule has 128 valence electrons. The Kier molecular flexibility index (Phi) is 5.63. The number of hydrogen-bond acceptors (Lipinski definition) is 5. The van der Waals surface area contributed by atoms with E-state index in [0.29, 0.717) is 22.5 Å². The van der Waals surface area contributed by atoms with Crippen LogP contribution in [0.5, 0.6) is 0 Å². The van der Waals surface area contributed by atoms with E-state index in [1.54, 1.807) is 6.07 Å². The van der Waals surface area contributed by atoms with Crippen LogP contribution in [0.2, 0.25) is 0 Å². The van der Waals surface area contributed by atoms with Crippen molar-refractivity contribution < 1.29 is 9.59 Å². The van der Waals surface area contributed by atoms with Gasteiger partial charge in [-0.2, -0.15) is 0 Å². The van der Waals surface area contributed by atoms with Crippen LogP contribution in [0.1, 0.15) is 48.0 Å². The summed E-state index contributed by atoms with van der Waals surface area (Å²) in [4.78, 5) is 31.6. The fourth-order valence-corrected chi connectivity index (χ4v) is 4.35.